The lowest BCUT2D eigenvalue weighted by Crippen LogP contribution is -2.30. The summed E-state index contributed by atoms with van der Waals surface area (Å²) in [6, 6.07) is 11.2. The van der Waals surface area contributed by atoms with E-state index in [1.807, 2.05) is 0 Å². The summed E-state index contributed by atoms with van der Waals surface area (Å²) in [7, 11) is 0. The highest BCUT2D eigenvalue weighted by Gasteiger charge is 2.33. The van der Waals surface area contributed by atoms with Gasteiger partial charge in [-0.3, -0.25) is 14.9 Å². The molecule has 0 aliphatic carbocycles. The number of nitro groups is 1. The smallest absolute Gasteiger partial charge is 0.326 e. The van der Waals surface area contributed by atoms with Gasteiger partial charge in [0.25, 0.3) is 0 Å². The van der Waals surface area contributed by atoms with Crippen LogP contribution in [0.2, 0.25) is 0 Å². The third kappa shape index (κ3) is 2.94. The third-order valence-electron chi connectivity index (χ3n) is 3.19. The SMILES string of the molecule is CC(C#Cc1ncccc1[N+](=O)[O-])(C(=O)O)c1ccccc1. The van der Waals surface area contributed by atoms with E-state index in [1.54, 1.807) is 30.3 Å². The standard InChI is InChI=1S/C16H12N2O4/c1-16(15(19)20,12-6-3-2-4-7-12)10-9-13-14(18(21)22)8-5-11-17-13/h2-8,11H,1H3,(H,19,20). The maximum Gasteiger partial charge on any atom is 0.326 e. The molecule has 0 radical (unpaired) electrons. The molecule has 6 nitrogen and oxygen atoms in total. The molecule has 2 aromatic rings. The number of aromatic nitrogens is 1. The van der Waals surface area contributed by atoms with Gasteiger partial charge >= 0.3 is 11.7 Å². The molecule has 0 fully saturated rings. The summed E-state index contributed by atoms with van der Waals surface area (Å²) in [4.78, 5) is 25.8. The van der Waals surface area contributed by atoms with Crippen LogP contribution in [0.1, 0.15) is 18.2 Å². The van der Waals surface area contributed by atoms with E-state index in [9.17, 15) is 20.0 Å². The predicted molar refractivity (Wildman–Crippen MR) is 79.2 cm³/mol. The molecule has 0 spiro atoms. The van der Waals surface area contributed by atoms with Crippen molar-refractivity contribution in [3.8, 4) is 11.8 Å². The number of carboxylic acid groups (broad SMARTS) is 1. The van der Waals surface area contributed by atoms with Gasteiger partial charge in [0.05, 0.1) is 4.92 Å². The Labute approximate surface area is 126 Å². The number of nitrogens with zero attached hydrogens (tertiary/aromatic N) is 2. The molecule has 0 saturated carbocycles. The van der Waals surface area contributed by atoms with Crippen LogP contribution in [0, 0.1) is 22.0 Å². The van der Waals surface area contributed by atoms with E-state index < -0.39 is 16.3 Å². The average Bonchev–Trinajstić information content (AvgIpc) is 2.53. The van der Waals surface area contributed by atoms with Crippen molar-refractivity contribution >= 4 is 11.7 Å². The summed E-state index contributed by atoms with van der Waals surface area (Å²) in [6.45, 7) is 1.45. The molecule has 6 heteroatoms. The summed E-state index contributed by atoms with van der Waals surface area (Å²) >= 11 is 0. The summed E-state index contributed by atoms with van der Waals surface area (Å²) in [5.41, 5.74) is -1.30. The molecule has 1 unspecified atom stereocenters. The highest BCUT2D eigenvalue weighted by Crippen LogP contribution is 2.24. The predicted octanol–water partition coefficient (Wildman–Crippen LogP) is 2.38. The number of carbonyl (C=O) groups is 1. The molecule has 22 heavy (non-hydrogen) atoms. The Bertz CT molecular complexity index is 777. The maximum absolute atomic E-state index is 11.6. The van der Waals surface area contributed by atoms with E-state index in [0.29, 0.717) is 5.56 Å². The van der Waals surface area contributed by atoms with Crippen LogP contribution in [0.3, 0.4) is 0 Å². The molecule has 2 rings (SSSR count). The van der Waals surface area contributed by atoms with Crippen LogP contribution >= 0.6 is 0 Å². The number of aliphatic carboxylic acids is 1. The Kier molecular flexibility index (Phi) is 4.18. The second kappa shape index (κ2) is 6.06. The van der Waals surface area contributed by atoms with Crippen LogP contribution in [-0.4, -0.2) is 21.0 Å². The van der Waals surface area contributed by atoms with Gasteiger partial charge in [-0.2, -0.15) is 0 Å². The highest BCUT2D eigenvalue weighted by atomic mass is 16.6. The zero-order chi connectivity index (χ0) is 16.2. The van der Waals surface area contributed by atoms with Crippen LogP contribution in [0.5, 0.6) is 0 Å². The first-order chi connectivity index (χ1) is 10.4. The van der Waals surface area contributed by atoms with Crippen molar-refractivity contribution in [2.24, 2.45) is 0 Å². The van der Waals surface area contributed by atoms with Crippen molar-refractivity contribution in [3.63, 3.8) is 0 Å². The molecule has 0 aliphatic rings. The van der Waals surface area contributed by atoms with Gasteiger partial charge in [0.2, 0.25) is 0 Å². The Hall–Kier alpha value is -3.20. The van der Waals surface area contributed by atoms with Gasteiger partial charge in [0.15, 0.2) is 11.1 Å². The summed E-state index contributed by atoms with van der Waals surface area (Å²) in [6.07, 6.45) is 1.37. The lowest BCUT2D eigenvalue weighted by Gasteiger charge is -2.18. The van der Waals surface area contributed by atoms with Crippen LogP contribution in [0.25, 0.3) is 0 Å². The Morgan fingerprint density at radius 3 is 2.55 bits per heavy atom. The topological polar surface area (TPSA) is 93.3 Å². The minimum absolute atomic E-state index is 0.0593. The Balaban J connectivity index is 2.52. The monoisotopic (exact) mass is 296 g/mol. The largest absolute Gasteiger partial charge is 0.480 e. The fourth-order valence-electron chi connectivity index (χ4n) is 1.85. The highest BCUT2D eigenvalue weighted by molar-refractivity contribution is 5.85. The average molecular weight is 296 g/mol. The van der Waals surface area contributed by atoms with Crippen LogP contribution in [0.4, 0.5) is 5.69 Å². The molecule has 110 valence electrons. The molecular weight excluding hydrogens is 284 g/mol. The summed E-state index contributed by atoms with van der Waals surface area (Å²) in [5.74, 6) is 4.00. The first kappa shape index (κ1) is 15.2. The Morgan fingerprint density at radius 1 is 1.27 bits per heavy atom. The van der Waals surface area contributed by atoms with E-state index in [0.717, 1.165) is 0 Å². The van der Waals surface area contributed by atoms with Crippen molar-refractivity contribution in [2.75, 3.05) is 0 Å². The van der Waals surface area contributed by atoms with E-state index in [-0.39, 0.29) is 11.4 Å². The first-order valence-corrected chi connectivity index (χ1v) is 6.36. The molecule has 0 aliphatic heterocycles. The van der Waals surface area contributed by atoms with Gasteiger partial charge in [0.1, 0.15) is 0 Å². The quantitative estimate of drug-likeness (QED) is 0.533. The number of carboxylic acids is 1. The molecule has 0 amide bonds. The third-order valence-corrected chi connectivity index (χ3v) is 3.19. The van der Waals surface area contributed by atoms with E-state index in [2.05, 4.69) is 16.8 Å². The number of hydrogen-bond acceptors (Lipinski definition) is 4. The lowest BCUT2D eigenvalue weighted by molar-refractivity contribution is -0.385. The van der Waals surface area contributed by atoms with E-state index in [4.69, 9.17) is 0 Å². The van der Waals surface area contributed by atoms with Gasteiger partial charge in [-0.15, -0.1) is 0 Å². The van der Waals surface area contributed by atoms with Crippen molar-refractivity contribution in [1.29, 1.82) is 0 Å². The second-order valence-electron chi connectivity index (χ2n) is 4.67. The van der Waals surface area contributed by atoms with Gasteiger partial charge in [-0.25, -0.2) is 4.98 Å². The normalized spacial score (nSPS) is 12.6. The van der Waals surface area contributed by atoms with Crippen molar-refractivity contribution < 1.29 is 14.8 Å². The fraction of sp³-hybridized carbons (Fsp3) is 0.125. The maximum atomic E-state index is 11.6. The molecule has 0 bridgehead atoms. The van der Waals surface area contributed by atoms with Gasteiger partial charge in [0, 0.05) is 12.3 Å². The summed E-state index contributed by atoms with van der Waals surface area (Å²) in [5, 5.41) is 20.4. The van der Waals surface area contributed by atoms with Crippen molar-refractivity contribution in [2.45, 2.75) is 12.3 Å². The zero-order valence-electron chi connectivity index (χ0n) is 11.7. The number of hydrogen-bond donors (Lipinski definition) is 1. The van der Waals surface area contributed by atoms with Crippen LogP contribution < -0.4 is 0 Å². The first-order valence-electron chi connectivity index (χ1n) is 6.36. The molecule has 0 saturated heterocycles. The molecule has 1 aromatic carbocycles. The molecule has 1 aromatic heterocycles. The lowest BCUT2D eigenvalue weighted by atomic mass is 9.83. The van der Waals surface area contributed by atoms with E-state index in [1.165, 1.54) is 25.3 Å². The van der Waals surface area contributed by atoms with Crippen molar-refractivity contribution in [1.82, 2.24) is 4.98 Å². The van der Waals surface area contributed by atoms with Crippen LogP contribution in [0.15, 0.2) is 48.7 Å². The van der Waals surface area contributed by atoms with E-state index >= 15 is 0 Å². The Morgan fingerprint density at radius 2 is 1.95 bits per heavy atom. The second-order valence-corrected chi connectivity index (χ2v) is 4.67. The number of benzene rings is 1. The zero-order valence-corrected chi connectivity index (χ0v) is 11.7. The summed E-state index contributed by atoms with van der Waals surface area (Å²) < 4.78 is 0. The number of pyridine rings is 1. The minimum Gasteiger partial charge on any atom is -0.480 e. The molecule has 1 atom stereocenters. The number of rotatable bonds is 3. The van der Waals surface area contributed by atoms with Gasteiger partial charge in [-0.1, -0.05) is 36.3 Å². The minimum atomic E-state index is -1.48. The molecule has 1 heterocycles. The van der Waals surface area contributed by atoms with Crippen molar-refractivity contribution in [3.05, 3.63) is 70.0 Å². The molecular formula is C16H12N2O4. The fourth-order valence-corrected chi connectivity index (χ4v) is 1.85. The van der Waals surface area contributed by atoms with Crippen LogP contribution in [-0.2, 0) is 10.2 Å². The van der Waals surface area contributed by atoms with Gasteiger partial charge in [-0.05, 0) is 24.5 Å². The molecule has 1 N–H and O–H groups in total. The van der Waals surface area contributed by atoms with Gasteiger partial charge < -0.3 is 5.11 Å².